The Hall–Kier alpha value is -1.55. The molecule has 0 radical (unpaired) electrons. The van der Waals surface area contributed by atoms with Gasteiger partial charge in [0, 0.05) is 13.1 Å². The third-order valence-corrected chi connectivity index (χ3v) is 3.38. The lowest BCUT2D eigenvalue weighted by molar-refractivity contribution is 0.140. The second-order valence-corrected chi connectivity index (χ2v) is 4.46. The van der Waals surface area contributed by atoms with E-state index in [1.807, 2.05) is 12.1 Å². The van der Waals surface area contributed by atoms with E-state index in [0.29, 0.717) is 6.61 Å². The Bertz CT molecular complexity index is 445. The summed E-state index contributed by atoms with van der Waals surface area (Å²) >= 11 is 0. The van der Waals surface area contributed by atoms with Gasteiger partial charge in [-0.05, 0) is 36.6 Å². The molecule has 0 spiro atoms. The maximum atomic E-state index is 11.8. The molecule has 0 unspecified atom stereocenters. The number of cyclic esters (lactones) is 1. The highest BCUT2D eigenvalue weighted by Gasteiger charge is 2.25. The largest absolute Gasteiger partial charge is 0.449 e. The maximum Gasteiger partial charge on any atom is 0.414 e. The van der Waals surface area contributed by atoms with Crippen molar-refractivity contribution >= 4 is 11.8 Å². The van der Waals surface area contributed by atoms with Gasteiger partial charge in [0.2, 0.25) is 0 Å². The first-order chi connectivity index (χ1) is 8.36. The Labute approximate surface area is 101 Å². The zero-order valence-corrected chi connectivity index (χ0v) is 9.74. The van der Waals surface area contributed by atoms with Crippen molar-refractivity contribution in [3.63, 3.8) is 0 Å². The predicted molar refractivity (Wildman–Crippen MR) is 65.2 cm³/mol. The number of fused-ring (bicyclic) bond motifs is 1. The van der Waals surface area contributed by atoms with Crippen molar-refractivity contribution in [3.8, 4) is 0 Å². The Morgan fingerprint density at radius 2 is 2.29 bits per heavy atom. The summed E-state index contributed by atoms with van der Waals surface area (Å²) in [6, 6.07) is 6.17. The third kappa shape index (κ3) is 1.89. The summed E-state index contributed by atoms with van der Waals surface area (Å²) in [5.41, 5.74) is 3.63. The molecule has 2 aliphatic rings. The summed E-state index contributed by atoms with van der Waals surface area (Å²) in [6.07, 6.45) is 1.69. The highest BCUT2D eigenvalue weighted by Crippen LogP contribution is 2.28. The fourth-order valence-corrected chi connectivity index (χ4v) is 2.53. The number of hydrogen-bond donors (Lipinski definition) is 1. The molecule has 4 heteroatoms. The van der Waals surface area contributed by atoms with Crippen molar-refractivity contribution < 1.29 is 9.53 Å². The van der Waals surface area contributed by atoms with E-state index < -0.39 is 0 Å². The van der Waals surface area contributed by atoms with Gasteiger partial charge < -0.3 is 10.1 Å². The number of rotatable bonds is 1. The topological polar surface area (TPSA) is 41.6 Å². The van der Waals surface area contributed by atoms with Gasteiger partial charge in [-0.3, -0.25) is 4.90 Å². The van der Waals surface area contributed by atoms with Crippen molar-refractivity contribution in [2.24, 2.45) is 0 Å². The first-order valence-electron chi connectivity index (χ1n) is 6.12. The van der Waals surface area contributed by atoms with E-state index in [2.05, 4.69) is 11.4 Å². The van der Waals surface area contributed by atoms with E-state index in [4.69, 9.17) is 4.74 Å². The van der Waals surface area contributed by atoms with Crippen LogP contribution in [0.4, 0.5) is 10.5 Å². The molecule has 1 amide bonds. The van der Waals surface area contributed by atoms with Gasteiger partial charge >= 0.3 is 6.09 Å². The fraction of sp³-hybridized carbons (Fsp3) is 0.462. The number of carbonyl (C=O) groups excluding carboxylic acids is 1. The van der Waals surface area contributed by atoms with Crippen LogP contribution in [0.25, 0.3) is 0 Å². The molecule has 1 N–H and O–H groups in total. The van der Waals surface area contributed by atoms with E-state index in [1.54, 1.807) is 4.90 Å². The van der Waals surface area contributed by atoms with Gasteiger partial charge in [-0.2, -0.15) is 0 Å². The van der Waals surface area contributed by atoms with Crippen LogP contribution in [0.15, 0.2) is 18.2 Å². The molecule has 90 valence electrons. The molecule has 0 saturated carbocycles. The third-order valence-electron chi connectivity index (χ3n) is 3.38. The molecule has 2 aliphatic heterocycles. The van der Waals surface area contributed by atoms with Gasteiger partial charge in [-0.25, -0.2) is 4.79 Å². The minimum absolute atomic E-state index is 0.205. The lowest BCUT2D eigenvalue weighted by atomic mass is 9.98. The molecule has 0 aliphatic carbocycles. The molecule has 1 fully saturated rings. The van der Waals surface area contributed by atoms with E-state index >= 15 is 0 Å². The molecule has 1 aromatic carbocycles. The summed E-state index contributed by atoms with van der Waals surface area (Å²) in [5, 5.41) is 3.35. The van der Waals surface area contributed by atoms with Crippen molar-refractivity contribution in [2.45, 2.75) is 19.4 Å². The first kappa shape index (κ1) is 10.6. The summed E-state index contributed by atoms with van der Waals surface area (Å²) < 4.78 is 5.11. The molecular formula is C13H16N2O2. The van der Waals surface area contributed by atoms with Gasteiger partial charge in [0.1, 0.15) is 0 Å². The number of hydrogen-bond acceptors (Lipinski definition) is 3. The van der Waals surface area contributed by atoms with Crippen LogP contribution in [0, 0.1) is 0 Å². The standard InChI is InChI=1S/C13H16N2O2/c16-13-15(7-2-8-17-13)12-4-1-3-10-9-14-6-5-11(10)12/h1,3-4,14H,2,5-9H2. The van der Waals surface area contributed by atoms with Crippen LogP contribution in [0.2, 0.25) is 0 Å². The second-order valence-electron chi connectivity index (χ2n) is 4.46. The van der Waals surface area contributed by atoms with Crippen LogP contribution >= 0.6 is 0 Å². The van der Waals surface area contributed by atoms with Gasteiger partial charge in [-0.15, -0.1) is 0 Å². The van der Waals surface area contributed by atoms with E-state index in [1.165, 1.54) is 11.1 Å². The van der Waals surface area contributed by atoms with Gasteiger partial charge in [0.15, 0.2) is 0 Å². The smallest absolute Gasteiger partial charge is 0.414 e. The number of nitrogens with one attached hydrogen (secondary N) is 1. The maximum absolute atomic E-state index is 11.8. The lowest BCUT2D eigenvalue weighted by Crippen LogP contribution is -2.39. The lowest BCUT2D eigenvalue weighted by Gasteiger charge is -2.30. The number of nitrogens with zero attached hydrogens (tertiary/aromatic N) is 1. The van der Waals surface area contributed by atoms with E-state index in [-0.39, 0.29) is 6.09 Å². The Balaban J connectivity index is 1.99. The minimum Gasteiger partial charge on any atom is -0.449 e. The van der Waals surface area contributed by atoms with Crippen LogP contribution in [0.1, 0.15) is 17.5 Å². The highest BCUT2D eigenvalue weighted by molar-refractivity contribution is 5.89. The predicted octanol–water partition coefficient (Wildman–Crippen LogP) is 1.68. The van der Waals surface area contributed by atoms with Gasteiger partial charge in [-0.1, -0.05) is 12.1 Å². The van der Waals surface area contributed by atoms with Gasteiger partial charge in [0.25, 0.3) is 0 Å². The molecule has 3 rings (SSSR count). The molecule has 2 heterocycles. The van der Waals surface area contributed by atoms with Crippen LogP contribution < -0.4 is 10.2 Å². The molecule has 0 bridgehead atoms. The summed E-state index contributed by atoms with van der Waals surface area (Å²) in [5.74, 6) is 0. The Morgan fingerprint density at radius 3 is 3.18 bits per heavy atom. The molecule has 0 atom stereocenters. The number of carbonyl (C=O) groups is 1. The normalized spacial score (nSPS) is 19.8. The second kappa shape index (κ2) is 4.37. The average Bonchev–Trinajstić information content (AvgIpc) is 2.39. The van der Waals surface area contributed by atoms with E-state index in [9.17, 15) is 4.79 Å². The van der Waals surface area contributed by atoms with Crippen LogP contribution in [-0.4, -0.2) is 25.8 Å². The highest BCUT2D eigenvalue weighted by atomic mass is 16.6. The van der Waals surface area contributed by atoms with Crippen molar-refractivity contribution in [3.05, 3.63) is 29.3 Å². The summed E-state index contributed by atoms with van der Waals surface area (Å²) in [6.45, 7) is 3.19. The number of amides is 1. The Morgan fingerprint density at radius 1 is 1.35 bits per heavy atom. The van der Waals surface area contributed by atoms with Crippen LogP contribution in [0.3, 0.4) is 0 Å². The molecule has 1 saturated heterocycles. The molecule has 17 heavy (non-hydrogen) atoms. The van der Waals surface area contributed by atoms with Crippen LogP contribution in [0.5, 0.6) is 0 Å². The SMILES string of the molecule is O=C1OCCCN1c1cccc2c1CCNC2. The number of anilines is 1. The molecule has 1 aromatic rings. The van der Waals surface area contributed by atoms with Gasteiger partial charge in [0.05, 0.1) is 12.3 Å². The Kier molecular flexibility index (Phi) is 2.73. The zero-order valence-electron chi connectivity index (χ0n) is 9.74. The van der Waals surface area contributed by atoms with Crippen molar-refractivity contribution in [1.29, 1.82) is 0 Å². The molecular weight excluding hydrogens is 216 g/mol. The summed E-state index contributed by atoms with van der Waals surface area (Å²) in [4.78, 5) is 13.5. The van der Waals surface area contributed by atoms with Crippen molar-refractivity contribution in [2.75, 3.05) is 24.6 Å². The number of ether oxygens (including phenoxy) is 1. The van der Waals surface area contributed by atoms with E-state index in [0.717, 1.165) is 38.2 Å². The first-order valence-corrected chi connectivity index (χ1v) is 6.12. The fourth-order valence-electron chi connectivity index (χ4n) is 2.53. The quantitative estimate of drug-likeness (QED) is 0.801. The minimum atomic E-state index is -0.205. The van der Waals surface area contributed by atoms with Crippen molar-refractivity contribution in [1.82, 2.24) is 5.32 Å². The molecule has 4 nitrogen and oxygen atoms in total. The summed E-state index contributed by atoms with van der Waals surface area (Å²) in [7, 11) is 0. The molecule has 0 aromatic heterocycles. The zero-order chi connectivity index (χ0) is 11.7. The average molecular weight is 232 g/mol. The van der Waals surface area contributed by atoms with Crippen LogP contribution in [-0.2, 0) is 17.7 Å². The number of benzene rings is 1. The monoisotopic (exact) mass is 232 g/mol.